The molecule has 0 aliphatic heterocycles. The van der Waals surface area contributed by atoms with Crippen LogP contribution in [0, 0.1) is 0 Å². The van der Waals surface area contributed by atoms with Crippen LogP contribution in [0.3, 0.4) is 0 Å². The van der Waals surface area contributed by atoms with Crippen molar-refractivity contribution in [2.24, 2.45) is 10.2 Å². The number of hydrogen-bond donors (Lipinski definition) is 3. The summed E-state index contributed by atoms with van der Waals surface area (Å²) in [4.78, 5) is 29.1. The number of nitrogens with zero attached hydrogens (tertiary/aromatic N) is 5. The molecule has 4 N–H and O–H groups in total. The molecule has 9 heteroatoms. The van der Waals surface area contributed by atoms with Gasteiger partial charge in [-0.05, 0) is 24.3 Å². The summed E-state index contributed by atoms with van der Waals surface area (Å²) in [6, 6.07) is 9.30. The lowest BCUT2D eigenvalue weighted by Crippen LogP contribution is -2.10. The fourth-order valence-corrected chi connectivity index (χ4v) is 2.19. The van der Waals surface area contributed by atoms with Gasteiger partial charge < -0.3 is 10.7 Å². The van der Waals surface area contributed by atoms with Crippen LogP contribution < -0.4 is 11.3 Å². The molecule has 0 aliphatic carbocycles. The summed E-state index contributed by atoms with van der Waals surface area (Å²) in [6.45, 7) is 0. The monoisotopic (exact) mass is 306 g/mol. The van der Waals surface area contributed by atoms with Crippen LogP contribution in [0.25, 0.3) is 22.1 Å². The van der Waals surface area contributed by atoms with E-state index in [1.54, 1.807) is 12.3 Å². The van der Waals surface area contributed by atoms with Gasteiger partial charge in [-0.3, -0.25) is 14.8 Å². The molecule has 23 heavy (non-hydrogen) atoms. The topological polar surface area (TPSA) is 138 Å². The average Bonchev–Trinajstić information content (AvgIpc) is 2.96. The van der Waals surface area contributed by atoms with Gasteiger partial charge in [-0.25, -0.2) is 0 Å². The lowest BCUT2D eigenvalue weighted by molar-refractivity contribution is 1.13. The molecule has 0 fully saturated rings. The number of aromatic amines is 2. The number of benzene rings is 1. The first-order valence-corrected chi connectivity index (χ1v) is 6.71. The Morgan fingerprint density at radius 2 is 2.00 bits per heavy atom. The van der Waals surface area contributed by atoms with E-state index in [1.165, 1.54) is 0 Å². The molecular weight excluding hydrogens is 296 g/mol. The predicted molar refractivity (Wildman–Crippen MR) is 84.8 cm³/mol. The number of azo groups is 1. The van der Waals surface area contributed by atoms with Gasteiger partial charge in [0.15, 0.2) is 11.2 Å². The maximum Gasteiger partial charge on any atom is 0.278 e. The fraction of sp³-hybridized carbons (Fsp3) is 0. The molecule has 0 bridgehead atoms. The van der Waals surface area contributed by atoms with Gasteiger partial charge in [0.2, 0.25) is 11.9 Å². The largest absolute Gasteiger partial charge is 0.369 e. The van der Waals surface area contributed by atoms with Crippen LogP contribution in [0.15, 0.2) is 51.6 Å². The predicted octanol–water partition coefficient (Wildman–Crippen LogP) is 2.19. The highest BCUT2D eigenvalue weighted by Crippen LogP contribution is 2.21. The lowest BCUT2D eigenvalue weighted by Gasteiger charge is -1.96. The van der Waals surface area contributed by atoms with E-state index in [0.29, 0.717) is 5.69 Å². The third-order valence-corrected chi connectivity index (χ3v) is 3.21. The van der Waals surface area contributed by atoms with Crippen molar-refractivity contribution < 1.29 is 0 Å². The average molecular weight is 306 g/mol. The van der Waals surface area contributed by atoms with Crippen LogP contribution in [-0.2, 0) is 0 Å². The number of pyridine rings is 1. The van der Waals surface area contributed by atoms with Gasteiger partial charge in [-0.1, -0.05) is 6.07 Å². The minimum Gasteiger partial charge on any atom is -0.369 e. The molecule has 0 radical (unpaired) electrons. The zero-order chi connectivity index (χ0) is 15.8. The summed E-state index contributed by atoms with van der Waals surface area (Å²) >= 11 is 0. The van der Waals surface area contributed by atoms with Crippen molar-refractivity contribution in [2.75, 3.05) is 5.73 Å². The lowest BCUT2D eigenvalue weighted by atomic mass is 10.2. The van der Waals surface area contributed by atoms with Gasteiger partial charge in [0.05, 0.1) is 11.2 Å². The molecule has 1 aromatic carbocycles. The molecule has 0 aliphatic rings. The van der Waals surface area contributed by atoms with E-state index in [0.717, 1.165) is 10.9 Å². The molecule has 4 aromatic rings. The number of nitrogens with one attached hydrogen (secondary N) is 2. The summed E-state index contributed by atoms with van der Waals surface area (Å²) in [5.41, 5.74) is 6.99. The summed E-state index contributed by atoms with van der Waals surface area (Å²) < 4.78 is 0. The van der Waals surface area contributed by atoms with Crippen molar-refractivity contribution in [1.82, 2.24) is 24.9 Å². The van der Waals surface area contributed by atoms with E-state index >= 15 is 0 Å². The van der Waals surface area contributed by atoms with E-state index in [1.807, 2.05) is 24.3 Å². The van der Waals surface area contributed by atoms with Crippen LogP contribution >= 0.6 is 0 Å². The maximum atomic E-state index is 11.7. The molecule has 0 saturated carbocycles. The molecular formula is C14H10N8O. The Bertz CT molecular complexity index is 1110. The van der Waals surface area contributed by atoms with Crippen molar-refractivity contribution in [2.45, 2.75) is 0 Å². The van der Waals surface area contributed by atoms with Crippen LogP contribution in [0.5, 0.6) is 0 Å². The van der Waals surface area contributed by atoms with E-state index in [9.17, 15) is 4.79 Å². The van der Waals surface area contributed by atoms with E-state index < -0.39 is 5.56 Å². The van der Waals surface area contributed by atoms with Crippen molar-refractivity contribution in [1.29, 1.82) is 0 Å². The normalized spacial score (nSPS) is 11.7. The molecule has 0 unspecified atom stereocenters. The van der Waals surface area contributed by atoms with Crippen LogP contribution in [-0.4, -0.2) is 24.9 Å². The van der Waals surface area contributed by atoms with E-state index in [2.05, 4.69) is 35.1 Å². The molecule has 112 valence electrons. The Morgan fingerprint density at radius 3 is 2.91 bits per heavy atom. The van der Waals surface area contributed by atoms with Gasteiger partial charge in [0, 0.05) is 11.6 Å². The zero-order valence-corrected chi connectivity index (χ0v) is 11.7. The third-order valence-electron chi connectivity index (χ3n) is 3.21. The quantitative estimate of drug-likeness (QED) is 0.487. The summed E-state index contributed by atoms with van der Waals surface area (Å²) in [7, 11) is 0. The molecule has 9 nitrogen and oxygen atoms in total. The highest BCUT2D eigenvalue weighted by atomic mass is 16.1. The second-order valence-corrected chi connectivity index (χ2v) is 4.79. The Labute approximate surface area is 128 Å². The van der Waals surface area contributed by atoms with Crippen LogP contribution in [0.2, 0.25) is 0 Å². The number of imidazole rings is 1. The molecule has 0 spiro atoms. The van der Waals surface area contributed by atoms with Gasteiger partial charge in [0.1, 0.15) is 0 Å². The van der Waals surface area contributed by atoms with E-state index in [-0.39, 0.29) is 23.1 Å². The summed E-state index contributed by atoms with van der Waals surface area (Å²) in [5, 5.41) is 9.06. The zero-order valence-electron chi connectivity index (χ0n) is 11.7. The summed E-state index contributed by atoms with van der Waals surface area (Å²) in [5.74, 6) is 0.175. The first kappa shape index (κ1) is 13.1. The second-order valence-electron chi connectivity index (χ2n) is 4.79. The van der Waals surface area contributed by atoms with E-state index in [4.69, 9.17) is 5.73 Å². The fourth-order valence-electron chi connectivity index (χ4n) is 2.19. The number of nitrogens with two attached hydrogens (primary N) is 1. The highest BCUT2D eigenvalue weighted by molar-refractivity contribution is 5.81. The summed E-state index contributed by atoms with van der Waals surface area (Å²) in [6.07, 6.45) is 1.73. The Kier molecular flexibility index (Phi) is 2.83. The second kappa shape index (κ2) is 4.98. The molecule has 3 aromatic heterocycles. The number of anilines is 1. The van der Waals surface area contributed by atoms with Crippen molar-refractivity contribution >= 4 is 39.7 Å². The third kappa shape index (κ3) is 2.39. The SMILES string of the molecule is Nc1nc2nc(N=Nc3ccc4ncccc4c3)[nH]c2c(=O)[nH]1. The van der Waals surface area contributed by atoms with Gasteiger partial charge in [-0.15, -0.1) is 10.2 Å². The standard InChI is InChI=1S/C14H10N8O/c15-13-18-11-10(12(23)20-13)17-14(19-11)22-21-8-3-4-9-7(6-8)2-1-5-16-9/h1-6H,(H4,15,17,18,19,20,23). The van der Waals surface area contributed by atoms with Gasteiger partial charge >= 0.3 is 0 Å². The number of nitrogen functional groups attached to an aromatic ring is 1. The minimum absolute atomic E-state index is 0.000446. The molecule has 0 atom stereocenters. The molecule has 0 saturated heterocycles. The van der Waals surface area contributed by atoms with Crippen molar-refractivity contribution in [3.05, 3.63) is 46.9 Å². The molecule has 0 amide bonds. The number of hydrogen-bond acceptors (Lipinski definition) is 7. The van der Waals surface area contributed by atoms with Crippen molar-refractivity contribution in [3.63, 3.8) is 0 Å². The van der Waals surface area contributed by atoms with Crippen molar-refractivity contribution in [3.8, 4) is 0 Å². The van der Waals surface area contributed by atoms with Gasteiger partial charge in [-0.2, -0.15) is 9.97 Å². The molecule has 4 rings (SSSR count). The first-order valence-electron chi connectivity index (χ1n) is 6.71. The minimum atomic E-state index is -0.404. The Hall–Kier alpha value is -3.62. The van der Waals surface area contributed by atoms with Crippen LogP contribution in [0.4, 0.5) is 17.6 Å². The highest BCUT2D eigenvalue weighted by Gasteiger charge is 2.08. The number of H-pyrrole nitrogens is 2. The number of fused-ring (bicyclic) bond motifs is 2. The smallest absolute Gasteiger partial charge is 0.278 e. The number of aromatic nitrogens is 5. The first-order chi connectivity index (χ1) is 11.2. The van der Waals surface area contributed by atoms with Gasteiger partial charge in [0.25, 0.3) is 5.56 Å². The Balaban J connectivity index is 1.72. The molecule has 3 heterocycles. The van der Waals surface area contributed by atoms with Crippen LogP contribution in [0.1, 0.15) is 0 Å². The maximum absolute atomic E-state index is 11.7. The number of rotatable bonds is 2. The Morgan fingerprint density at radius 1 is 1.09 bits per heavy atom.